The number of hydrogen-bond acceptors (Lipinski definition) is 6. The average Bonchev–Trinajstić information content (AvgIpc) is 2.60. The van der Waals surface area contributed by atoms with Gasteiger partial charge in [-0.05, 0) is 26.3 Å². The number of esters is 2. The zero-order chi connectivity index (χ0) is 18.6. The molecule has 0 saturated carbocycles. The van der Waals surface area contributed by atoms with Crippen molar-refractivity contribution in [2.45, 2.75) is 32.6 Å². The van der Waals surface area contributed by atoms with Gasteiger partial charge in [-0.1, -0.05) is 12.1 Å². The molecule has 0 bridgehead atoms. The zero-order valence-corrected chi connectivity index (χ0v) is 15.0. The minimum atomic E-state index is -1.61. The van der Waals surface area contributed by atoms with Gasteiger partial charge in [0.1, 0.15) is 5.75 Å². The number of hydrogen-bond donors (Lipinski definition) is 0. The van der Waals surface area contributed by atoms with E-state index in [1.54, 1.807) is 32.0 Å². The van der Waals surface area contributed by atoms with Crippen LogP contribution in [-0.4, -0.2) is 44.7 Å². The first-order chi connectivity index (χ1) is 11.9. The van der Waals surface area contributed by atoms with Crippen LogP contribution in [0, 0.1) is 0 Å². The normalized spacial score (nSPS) is 15.1. The van der Waals surface area contributed by atoms with Crippen molar-refractivity contribution in [3.63, 3.8) is 0 Å². The number of rotatable bonds is 5. The second-order valence-corrected chi connectivity index (χ2v) is 5.62. The van der Waals surface area contributed by atoms with Crippen molar-refractivity contribution in [1.82, 2.24) is 0 Å². The molecule has 0 fully saturated rings. The maximum absolute atomic E-state index is 12.8. The van der Waals surface area contributed by atoms with Crippen LogP contribution in [0.2, 0.25) is 0 Å². The van der Waals surface area contributed by atoms with Crippen LogP contribution in [0.3, 0.4) is 0 Å². The lowest BCUT2D eigenvalue weighted by Gasteiger charge is -2.40. The Morgan fingerprint density at radius 2 is 1.72 bits per heavy atom. The maximum atomic E-state index is 12.8. The van der Waals surface area contributed by atoms with Gasteiger partial charge < -0.3 is 19.1 Å². The van der Waals surface area contributed by atoms with E-state index in [2.05, 4.69) is 0 Å². The van der Waals surface area contributed by atoms with E-state index in [1.165, 1.54) is 18.9 Å². The smallest absolute Gasteiger partial charge is 0.328 e. The van der Waals surface area contributed by atoms with Crippen LogP contribution in [0.25, 0.3) is 0 Å². The lowest BCUT2D eigenvalue weighted by molar-refractivity contribution is -0.165. The minimum Gasteiger partial charge on any atom is -0.495 e. The molecule has 1 aromatic rings. The maximum Gasteiger partial charge on any atom is 0.328 e. The highest BCUT2D eigenvalue weighted by Gasteiger charge is 2.55. The fraction of sp³-hybridized carbons (Fsp3) is 0.500. The van der Waals surface area contributed by atoms with E-state index in [-0.39, 0.29) is 32.1 Å². The molecule has 1 aliphatic rings. The highest BCUT2D eigenvalue weighted by Crippen LogP contribution is 2.46. The molecule has 7 nitrogen and oxygen atoms in total. The van der Waals surface area contributed by atoms with Gasteiger partial charge in [0.05, 0.1) is 26.0 Å². The fourth-order valence-corrected chi connectivity index (χ4v) is 3.17. The highest BCUT2D eigenvalue weighted by atomic mass is 16.6. The summed E-state index contributed by atoms with van der Waals surface area (Å²) in [6, 6.07) is 5.00. The lowest BCUT2D eigenvalue weighted by atomic mass is 9.73. The molecule has 0 atom stereocenters. The van der Waals surface area contributed by atoms with Crippen molar-refractivity contribution in [2.75, 3.05) is 31.8 Å². The molecule has 1 aromatic carbocycles. The Kier molecular flexibility index (Phi) is 5.66. The Morgan fingerprint density at radius 3 is 2.20 bits per heavy atom. The molecular weight excluding hydrogens is 326 g/mol. The molecular formula is C18H23NO6. The molecule has 1 aliphatic heterocycles. The molecule has 0 aliphatic carbocycles. The topological polar surface area (TPSA) is 82.1 Å². The van der Waals surface area contributed by atoms with Crippen molar-refractivity contribution < 1.29 is 28.6 Å². The van der Waals surface area contributed by atoms with Crippen LogP contribution in [0.5, 0.6) is 5.75 Å². The summed E-state index contributed by atoms with van der Waals surface area (Å²) in [6.07, 6.45) is 0.0877. The first kappa shape index (κ1) is 18.8. The first-order valence-corrected chi connectivity index (χ1v) is 8.24. The standard InChI is InChI=1S/C18H23NO6/c1-5-24-16(21)18(17(22)25-6-2)10-11-19(12(3)20)15-13(18)8-7-9-14(15)23-4/h7-9H,5-6,10-11H2,1-4H3. The zero-order valence-electron chi connectivity index (χ0n) is 15.0. The molecule has 1 heterocycles. The summed E-state index contributed by atoms with van der Waals surface area (Å²) in [5.41, 5.74) is -0.836. The van der Waals surface area contributed by atoms with Gasteiger partial charge in [0.25, 0.3) is 0 Å². The number of anilines is 1. The number of benzene rings is 1. The van der Waals surface area contributed by atoms with E-state index in [0.29, 0.717) is 17.0 Å². The second-order valence-electron chi connectivity index (χ2n) is 5.62. The average molecular weight is 349 g/mol. The number of amides is 1. The van der Waals surface area contributed by atoms with Crippen LogP contribution in [0.1, 0.15) is 32.8 Å². The molecule has 7 heteroatoms. The number of nitrogens with zero attached hydrogens (tertiary/aromatic N) is 1. The Hall–Kier alpha value is -2.57. The minimum absolute atomic E-state index is 0.0877. The predicted octanol–water partition coefficient (Wildman–Crippen LogP) is 1.82. The molecule has 25 heavy (non-hydrogen) atoms. The summed E-state index contributed by atoms with van der Waals surface area (Å²) in [7, 11) is 1.47. The van der Waals surface area contributed by atoms with Gasteiger partial charge in [0.2, 0.25) is 5.91 Å². The van der Waals surface area contributed by atoms with Gasteiger partial charge in [-0.3, -0.25) is 14.4 Å². The molecule has 1 amide bonds. The molecule has 0 aromatic heterocycles. The molecule has 2 rings (SSSR count). The molecule has 0 unspecified atom stereocenters. The van der Waals surface area contributed by atoms with Gasteiger partial charge in [-0.15, -0.1) is 0 Å². The SMILES string of the molecule is CCOC(=O)C1(C(=O)OCC)CCN(C(C)=O)c2c(OC)cccc21. The number of ether oxygens (including phenoxy) is 3. The Bertz CT molecular complexity index is 666. The van der Waals surface area contributed by atoms with Crippen LogP contribution in [0.15, 0.2) is 18.2 Å². The van der Waals surface area contributed by atoms with Crippen molar-refractivity contribution in [2.24, 2.45) is 0 Å². The molecule has 136 valence electrons. The van der Waals surface area contributed by atoms with E-state index in [9.17, 15) is 14.4 Å². The third-order valence-electron chi connectivity index (χ3n) is 4.29. The summed E-state index contributed by atoms with van der Waals surface area (Å²) in [6.45, 7) is 5.23. The number of carbonyl (C=O) groups is 3. The first-order valence-electron chi connectivity index (χ1n) is 8.24. The van der Waals surface area contributed by atoms with Crippen LogP contribution < -0.4 is 9.64 Å². The largest absolute Gasteiger partial charge is 0.495 e. The van der Waals surface area contributed by atoms with Crippen molar-refractivity contribution >= 4 is 23.5 Å². The number of carbonyl (C=O) groups excluding carboxylic acids is 3. The van der Waals surface area contributed by atoms with Crippen LogP contribution in [0.4, 0.5) is 5.69 Å². The summed E-state index contributed by atoms with van der Waals surface area (Å²) in [5, 5.41) is 0. The van der Waals surface area contributed by atoms with E-state index >= 15 is 0 Å². The van der Waals surface area contributed by atoms with E-state index in [4.69, 9.17) is 14.2 Å². The Balaban J connectivity index is 2.74. The van der Waals surface area contributed by atoms with E-state index in [1.807, 2.05) is 0 Å². The highest BCUT2D eigenvalue weighted by molar-refractivity contribution is 6.10. The molecule has 0 spiro atoms. The van der Waals surface area contributed by atoms with Gasteiger partial charge in [0.15, 0.2) is 5.41 Å². The van der Waals surface area contributed by atoms with E-state index < -0.39 is 17.4 Å². The van der Waals surface area contributed by atoms with Crippen molar-refractivity contribution in [3.8, 4) is 5.75 Å². The summed E-state index contributed by atoms with van der Waals surface area (Å²) in [4.78, 5) is 39.2. The lowest BCUT2D eigenvalue weighted by Crippen LogP contribution is -2.53. The van der Waals surface area contributed by atoms with Gasteiger partial charge in [-0.25, -0.2) is 0 Å². The second kappa shape index (κ2) is 7.55. The molecule has 0 saturated heterocycles. The third-order valence-corrected chi connectivity index (χ3v) is 4.29. The summed E-state index contributed by atoms with van der Waals surface area (Å²) in [5.74, 6) is -1.14. The number of para-hydroxylation sites is 1. The number of methoxy groups -OCH3 is 1. The summed E-state index contributed by atoms with van der Waals surface area (Å²) >= 11 is 0. The summed E-state index contributed by atoms with van der Waals surface area (Å²) < 4.78 is 15.8. The Labute approximate surface area is 146 Å². The molecule has 0 N–H and O–H groups in total. The number of fused-ring (bicyclic) bond motifs is 1. The fourth-order valence-electron chi connectivity index (χ4n) is 3.17. The third kappa shape index (κ3) is 3.06. The van der Waals surface area contributed by atoms with Gasteiger partial charge in [0, 0.05) is 19.0 Å². The monoisotopic (exact) mass is 349 g/mol. The predicted molar refractivity (Wildman–Crippen MR) is 90.6 cm³/mol. The van der Waals surface area contributed by atoms with E-state index in [0.717, 1.165) is 0 Å². The van der Waals surface area contributed by atoms with Gasteiger partial charge in [-0.2, -0.15) is 0 Å². The van der Waals surface area contributed by atoms with Crippen molar-refractivity contribution in [3.05, 3.63) is 23.8 Å². The van der Waals surface area contributed by atoms with Crippen molar-refractivity contribution in [1.29, 1.82) is 0 Å². The quantitative estimate of drug-likeness (QED) is 0.596. The van der Waals surface area contributed by atoms with Crippen LogP contribution in [-0.2, 0) is 29.3 Å². The van der Waals surface area contributed by atoms with Crippen LogP contribution >= 0.6 is 0 Å². The molecule has 0 radical (unpaired) electrons. The van der Waals surface area contributed by atoms with Gasteiger partial charge >= 0.3 is 11.9 Å². The Morgan fingerprint density at radius 1 is 1.12 bits per heavy atom.